The van der Waals surface area contributed by atoms with Crippen molar-refractivity contribution in [1.82, 2.24) is 0 Å². The van der Waals surface area contributed by atoms with Gasteiger partial charge in [0.25, 0.3) is 0 Å². The summed E-state index contributed by atoms with van der Waals surface area (Å²) >= 11 is 0. The Morgan fingerprint density at radius 2 is 0.706 bits per heavy atom. The van der Waals surface area contributed by atoms with Crippen molar-refractivity contribution in [3.63, 3.8) is 0 Å². The number of hydrogen-bond donors (Lipinski definition) is 0. The van der Waals surface area contributed by atoms with Gasteiger partial charge >= 0.3 is 0 Å². The van der Waals surface area contributed by atoms with Crippen molar-refractivity contribution in [3.05, 3.63) is 0 Å². The highest BCUT2D eigenvalue weighted by Crippen LogP contribution is 2.64. The average Bonchev–Trinajstić information content (AvgIpc) is 1.94. The van der Waals surface area contributed by atoms with Gasteiger partial charge in [-0.25, -0.2) is 0 Å². The van der Waals surface area contributed by atoms with Crippen LogP contribution in [0.3, 0.4) is 0 Å². The summed E-state index contributed by atoms with van der Waals surface area (Å²) in [6.45, 7) is 19.0. The zero-order chi connectivity index (χ0) is 13.5. The minimum absolute atomic E-state index is 0.568. The maximum atomic E-state index is 2.53. The first kappa shape index (κ1) is 15.1. The van der Waals surface area contributed by atoms with Gasteiger partial charge in [0.2, 0.25) is 0 Å². The minimum Gasteiger partial charge on any atom is -0.0683 e. The molecule has 0 aromatic heterocycles. The molecule has 0 atom stereocenters. The quantitative estimate of drug-likeness (QED) is 0.481. The topological polar surface area (TPSA) is 0 Å². The van der Waals surface area contributed by atoms with Crippen molar-refractivity contribution >= 4 is 0 Å². The van der Waals surface area contributed by atoms with Crippen LogP contribution in [0.15, 0.2) is 0 Å². The van der Waals surface area contributed by atoms with Crippen molar-refractivity contribution in [1.29, 1.82) is 0 Å². The maximum absolute atomic E-state index is 2.53. The molecule has 0 heteroatoms. The van der Waals surface area contributed by atoms with Crippen molar-refractivity contribution in [2.24, 2.45) is 21.7 Å². The Kier molecular flexibility index (Phi) is 3.79. The van der Waals surface area contributed by atoms with Crippen LogP contribution in [0.25, 0.3) is 0 Å². The van der Waals surface area contributed by atoms with E-state index in [1.165, 1.54) is 32.1 Å². The second kappa shape index (κ2) is 4.28. The Labute approximate surface area is 110 Å². The predicted molar refractivity (Wildman–Crippen MR) is 78.2 cm³/mol. The molecule has 0 nitrogen and oxygen atoms in total. The summed E-state index contributed by atoms with van der Waals surface area (Å²) in [4.78, 5) is 0. The van der Waals surface area contributed by atoms with Gasteiger partial charge in [-0.3, -0.25) is 0 Å². The van der Waals surface area contributed by atoms with Crippen LogP contribution in [0.1, 0.15) is 87.5 Å². The lowest BCUT2D eigenvalue weighted by Crippen LogP contribution is -2.49. The van der Waals surface area contributed by atoms with Gasteiger partial charge in [-0.2, -0.15) is 0 Å². The molecule has 0 heterocycles. The third kappa shape index (κ3) is 3.48. The molecule has 0 amide bonds. The SMILES string of the molecule is CC.CC1(C)CC2(C)CC(C)(C)CC(C)(C1)C2. The third-order valence-electron chi connectivity index (χ3n) is 4.47. The highest BCUT2D eigenvalue weighted by Gasteiger charge is 2.53. The summed E-state index contributed by atoms with van der Waals surface area (Å²) in [7, 11) is 0. The number of rotatable bonds is 0. The Morgan fingerprint density at radius 3 is 0.941 bits per heavy atom. The van der Waals surface area contributed by atoms with E-state index in [0.29, 0.717) is 21.7 Å². The van der Waals surface area contributed by atoms with Crippen LogP contribution in [0.4, 0.5) is 0 Å². The first-order valence-corrected chi connectivity index (χ1v) is 7.54. The first-order chi connectivity index (χ1) is 7.54. The highest BCUT2D eigenvalue weighted by molar-refractivity contribution is 5.04. The van der Waals surface area contributed by atoms with E-state index in [4.69, 9.17) is 0 Å². The summed E-state index contributed by atoms with van der Waals surface area (Å²) in [5.74, 6) is 0. The second-order valence-electron chi connectivity index (χ2n) is 8.83. The lowest BCUT2D eigenvalue weighted by molar-refractivity contribution is -0.0916. The van der Waals surface area contributed by atoms with Crippen LogP contribution in [0.5, 0.6) is 0 Å². The van der Waals surface area contributed by atoms with Crippen LogP contribution < -0.4 is 0 Å². The van der Waals surface area contributed by atoms with Crippen LogP contribution in [-0.2, 0) is 0 Å². The Bertz CT molecular complexity index is 215. The predicted octanol–water partition coefficient (Wildman–Crippen LogP) is 6.06. The summed E-state index contributed by atoms with van der Waals surface area (Å²) in [6.07, 6.45) is 7.18. The van der Waals surface area contributed by atoms with Crippen LogP contribution in [-0.4, -0.2) is 0 Å². The molecule has 17 heavy (non-hydrogen) atoms. The molecular weight excluding hydrogens is 204 g/mol. The molecule has 2 rings (SSSR count). The van der Waals surface area contributed by atoms with E-state index in [-0.39, 0.29) is 0 Å². The van der Waals surface area contributed by atoms with Gasteiger partial charge in [-0.15, -0.1) is 0 Å². The van der Waals surface area contributed by atoms with Gasteiger partial charge in [-0.1, -0.05) is 55.4 Å². The van der Waals surface area contributed by atoms with E-state index in [2.05, 4.69) is 41.5 Å². The van der Waals surface area contributed by atoms with Gasteiger partial charge < -0.3 is 0 Å². The molecule has 0 aliphatic heterocycles. The van der Waals surface area contributed by atoms with E-state index in [1.54, 1.807) is 0 Å². The van der Waals surface area contributed by atoms with Crippen molar-refractivity contribution in [2.75, 3.05) is 0 Å². The zero-order valence-electron chi connectivity index (χ0n) is 13.5. The molecule has 0 aromatic carbocycles. The monoisotopic (exact) mass is 238 g/mol. The van der Waals surface area contributed by atoms with Gasteiger partial charge in [0.15, 0.2) is 0 Å². The Hall–Kier alpha value is 0. The maximum Gasteiger partial charge on any atom is -0.0311 e. The molecule has 0 spiro atoms. The fourth-order valence-corrected chi connectivity index (χ4v) is 6.15. The standard InChI is InChI=1S/C15H28.C2H6/c1-12(2)7-14(5)9-13(3,4)10-15(6,8-12)11-14;1-2/h7-11H2,1-6H3;1-2H3. The van der Waals surface area contributed by atoms with Crippen molar-refractivity contribution in [3.8, 4) is 0 Å². The van der Waals surface area contributed by atoms with E-state index in [0.717, 1.165) is 0 Å². The molecule has 0 N–H and O–H groups in total. The zero-order valence-corrected chi connectivity index (χ0v) is 13.5. The summed E-state index contributed by atoms with van der Waals surface area (Å²) < 4.78 is 0. The average molecular weight is 238 g/mol. The van der Waals surface area contributed by atoms with Crippen LogP contribution in [0.2, 0.25) is 0 Å². The molecule has 0 radical (unpaired) electrons. The fraction of sp³-hybridized carbons (Fsp3) is 1.00. The lowest BCUT2D eigenvalue weighted by atomic mass is 9.45. The summed E-state index contributed by atoms with van der Waals surface area (Å²) in [5, 5.41) is 0. The van der Waals surface area contributed by atoms with E-state index >= 15 is 0 Å². The van der Waals surface area contributed by atoms with Gasteiger partial charge in [0, 0.05) is 0 Å². The Balaban J connectivity index is 0.000000686. The third-order valence-corrected chi connectivity index (χ3v) is 4.47. The summed E-state index contributed by atoms with van der Waals surface area (Å²) in [5.41, 5.74) is 2.35. The molecule has 2 aliphatic rings. The molecule has 0 unspecified atom stereocenters. The minimum atomic E-state index is 0.568. The lowest BCUT2D eigenvalue weighted by Gasteiger charge is -2.60. The molecule has 2 fully saturated rings. The van der Waals surface area contributed by atoms with Gasteiger partial charge in [0.1, 0.15) is 0 Å². The van der Waals surface area contributed by atoms with Gasteiger partial charge in [-0.05, 0) is 53.8 Å². The normalized spacial score (nSPS) is 42.4. The first-order valence-electron chi connectivity index (χ1n) is 7.54. The van der Waals surface area contributed by atoms with Crippen LogP contribution >= 0.6 is 0 Å². The smallest absolute Gasteiger partial charge is 0.0311 e. The van der Waals surface area contributed by atoms with E-state index in [1.807, 2.05) is 13.8 Å². The molecular formula is C17H34. The Morgan fingerprint density at radius 1 is 0.471 bits per heavy atom. The largest absolute Gasteiger partial charge is 0.0683 e. The van der Waals surface area contributed by atoms with Crippen LogP contribution in [0, 0.1) is 21.7 Å². The van der Waals surface area contributed by atoms with Crippen molar-refractivity contribution < 1.29 is 0 Å². The number of fused-ring (bicyclic) bond motifs is 2. The van der Waals surface area contributed by atoms with E-state index in [9.17, 15) is 0 Å². The molecule has 102 valence electrons. The molecule has 2 saturated carbocycles. The second-order valence-corrected chi connectivity index (χ2v) is 8.83. The summed E-state index contributed by atoms with van der Waals surface area (Å²) in [6, 6.07) is 0. The van der Waals surface area contributed by atoms with Gasteiger partial charge in [0.05, 0.1) is 0 Å². The highest BCUT2D eigenvalue weighted by atomic mass is 14.6. The molecule has 0 saturated heterocycles. The number of hydrogen-bond acceptors (Lipinski definition) is 0. The molecule has 2 aliphatic carbocycles. The molecule has 0 aromatic rings. The van der Waals surface area contributed by atoms with Crippen molar-refractivity contribution in [2.45, 2.75) is 87.5 Å². The molecule has 2 bridgehead atoms. The van der Waals surface area contributed by atoms with E-state index < -0.39 is 0 Å². The fourth-order valence-electron chi connectivity index (χ4n) is 6.15.